The van der Waals surface area contributed by atoms with E-state index in [9.17, 15) is 14.0 Å². The van der Waals surface area contributed by atoms with E-state index in [2.05, 4.69) is 0 Å². The number of benzene rings is 2. The number of amides is 2. The number of rotatable bonds is 8. The van der Waals surface area contributed by atoms with Crippen LogP contribution >= 0.6 is 11.3 Å². The number of carbonyl (C=O) groups is 2. The molecule has 0 N–H and O–H groups in total. The molecule has 1 aliphatic heterocycles. The standard InChI is InChI=1S/C27H27FN2O4S/c1-33-23-7-2-3-8-24(23)34-17-22-21-12-14-35-25(21)11-13-29(22)26(31)16-30(20-9-10-20)27(32)18-5-4-6-19(28)15-18/h2-8,12,14-15,20,22H,9-11,13,16-17H2,1H3/t22-/m0/s1. The maximum atomic E-state index is 13.7. The highest BCUT2D eigenvalue weighted by atomic mass is 32.1. The fourth-order valence-corrected chi connectivity index (χ4v) is 5.49. The van der Waals surface area contributed by atoms with Gasteiger partial charge in [-0.1, -0.05) is 18.2 Å². The average Bonchev–Trinajstić information content (AvgIpc) is 3.61. The third kappa shape index (κ3) is 5.03. The number of halogens is 1. The van der Waals surface area contributed by atoms with Crippen LogP contribution in [-0.2, 0) is 11.2 Å². The molecule has 35 heavy (non-hydrogen) atoms. The van der Waals surface area contributed by atoms with Gasteiger partial charge in [0.05, 0.1) is 13.2 Å². The van der Waals surface area contributed by atoms with Crippen molar-refractivity contribution in [1.29, 1.82) is 0 Å². The summed E-state index contributed by atoms with van der Waals surface area (Å²) in [6, 6.07) is 14.9. The van der Waals surface area contributed by atoms with Crippen LogP contribution in [0.2, 0.25) is 0 Å². The van der Waals surface area contributed by atoms with Crippen LogP contribution in [-0.4, -0.2) is 54.5 Å². The van der Waals surface area contributed by atoms with Crippen molar-refractivity contribution in [3.63, 3.8) is 0 Å². The van der Waals surface area contributed by atoms with E-state index in [4.69, 9.17) is 9.47 Å². The van der Waals surface area contributed by atoms with Crippen LogP contribution in [0.3, 0.4) is 0 Å². The van der Waals surface area contributed by atoms with Gasteiger partial charge in [-0.2, -0.15) is 0 Å². The second-order valence-corrected chi connectivity index (χ2v) is 9.79. The van der Waals surface area contributed by atoms with E-state index < -0.39 is 5.82 Å². The van der Waals surface area contributed by atoms with Crippen LogP contribution in [0.15, 0.2) is 60.0 Å². The first-order valence-electron chi connectivity index (χ1n) is 11.7. The molecule has 2 heterocycles. The fraction of sp³-hybridized carbons (Fsp3) is 0.333. The predicted molar refractivity (Wildman–Crippen MR) is 131 cm³/mol. The Morgan fingerprint density at radius 2 is 1.91 bits per heavy atom. The first kappa shape index (κ1) is 23.4. The number of nitrogens with zero attached hydrogens (tertiary/aromatic N) is 2. The molecule has 0 saturated heterocycles. The quantitative estimate of drug-likeness (QED) is 0.455. The van der Waals surface area contributed by atoms with Gasteiger partial charge in [-0.15, -0.1) is 11.3 Å². The largest absolute Gasteiger partial charge is 0.493 e. The number of thiophene rings is 1. The van der Waals surface area contributed by atoms with E-state index >= 15 is 0 Å². The lowest BCUT2D eigenvalue weighted by Crippen LogP contribution is -2.48. The molecule has 2 amide bonds. The Labute approximate surface area is 207 Å². The van der Waals surface area contributed by atoms with Crippen LogP contribution in [0.5, 0.6) is 11.5 Å². The topological polar surface area (TPSA) is 59.1 Å². The summed E-state index contributed by atoms with van der Waals surface area (Å²) >= 11 is 1.69. The Hall–Kier alpha value is -3.39. The van der Waals surface area contributed by atoms with Crippen LogP contribution in [0.1, 0.15) is 39.7 Å². The van der Waals surface area contributed by atoms with E-state index in [1.54, 1.807) is 29.4 Å². The van der Waals surface area contributed by atoms with Crippen molar-refractivity contribution in [2.24, 2.45) is 0 Å². The minimum Gasteiger partial charge on any atom is -0.493 e. The molecule has 0 spiro atoms. The molecular weight excluding hydrogens is 467 g/mol. The number of hydrogen-bond donors (Lipinski definition) is 0. The van der Waals surface area contributed by atoms with Crippen LogP contribution in [0, 0.1) is 5.82 Å². The SMILES string of the molecule is COc1ccccc1OC[C@H]1c2ccsc2CCN1C(=O)CN(C(=O)c1cccc(F)c1)C1CC1. The number of methoxy groups -OCH3 is 1. The lowest BCUT2D eigenvalue weighted by Gasteiger charge is -2.37. The van der Waals surface area contributed by atoms with Gasteiger partial charge in [-0.05, 0) is 66.6 Å². The van der Waals surface area contributed by atoms with Gasteiger partial charge < -0.3 is 19.3 Å². The number of carbonyl (C=O) groups excluding carboxylic acids is 2. The molecule has 1 aromatic heterocycles. The third-order valence-corrected chi connectivity index (χ3v) is 7.50. The monoisotopic (exact) mass is 494 g/mol. The fourth-order valence-electron chi connectivity index (χ4n) is 4.56. The molecule has 1 fully saturated rings. The smallest absolute Gasteiger partial charge is 0.254 e. The van der Waals surface area contributed by atoms with E-state index in [0.717, 1.165) is 24.8 Å². The summed E-state index contributed by atoms with van der Waals surface area (Å²) in [6.45, 7) is 0.792. The molecule has 1 atom stereocenters. The molecule has 8 heteroatoms. The summed E-state index contributed by atoms with van der Waals surface area (Å²) in [5.41, 5.74) is 1.35. The van der Waals surface area contributed by atoms with Gasteiger partial charge in [0.2, 0.25) is 5.91 Å². The summed E-state index contributed by atoms with van der Waals surface area (Å²) < 4.78 is 25.3. The normalized spacial score (nSPS) is 17.0. The number of fused-ring (bicyclic) bond motifs is 1. The highest BCUT2D eigenvalue weighted by Crippen LogP contribution is 2.36. The lowest BCUT2D eigenvalue weighted by atomic mass is 10.0. The van der Waals surface area contributed by atoms with Gasteiger partial charge in [0.15, 0.2) is 11.5 Å². The van der Waals surface area contributed by atoms with E-state index in [-0.39, 0.29) is 42.6 Å². The van der Waals surface area contributed by atoms with Crippen LogP contribution in [0.4, 0.5) is 4.39 Å². The van der Waals surface area contributed by atoms with Crippen molar-refractivity contribution in [1.82, 2.24) is 9.80 Å². The summed E-state index contributed by atoms with van der Waals surface area (Å²) in [5.74, 6) is 0.341. The summed E-state index contributed by atoms with van der Waals surface area (Å²) in [6.07, 6.45) is 2.47. The minimum atomic E-state index is -0.465. The molecule has 1 aliphatic carbocycles. The van der Waals surface area contributed by atoms with Crippen molar-refractivity contribution in [3.8, 4) is 11.5 Å². The number of ether oxygens (including phenoxy) is 2. The molecule has 0 radical (unpaired) electrons. The third-order valence-electron chi connectivity index (χ3n) is 6.51. The average molecular weight is 495 g/mol. The molecular formula is C27H27FN2O4S. The lowest BCUT2D eigenvalue weighted by molar-refractivity contribution is -0.135. The Bertz CT molecular complexity index is 1230. The van der Waals surface area contributed by atoms with Gasteiger partial charge in [0.1, 0.15) is 19.0 Å². The predicted octanol–water partition coefficient (Wildman–Crippen LogP) is 4.71. The molecule has 6 nitrogen and oxygen atoms in total. The molecule has 0 unspecified atom stereocenters. The van der Waals surface area contributed by atoms with Crippen LogP contribution in [0.25, 0.3) is 0 Å². The second-order valence-electron chi connectivity index (χ2n) is 8.79. The molecule has 1 saturated carbocycles. The zero-order valence-corrected chi connectivity index (χ0v) is 20.3. The van der Waals surface area contributed by atoms with E-state index in [0.29, 0.717) is 18.0 Å². The van der Waals surface area contributed by atoms with Gasteiger partial charge in [0, 0.05) is 23.0 Å². The molecule has 5 rings (SSSR count). The van der Waals surface area contributed by atoms with E-state index in [1.807, 2.05) is 40.6 Å². The van der Waals surface area contributed by atoms with Gasteiger partial charge in [-0.3, -0.25) is 9.59 Å². The zero-order valence-electron chi connectivity index (χ0n) is 19.5. The summed E-state index contributed by atoms with van der Waals surface area (Å²) in [5, 5.41) is 2.04. The van der Waals surface area contributed by atoms with Crippen molar-refractivity contribution in [3.05, 3.63) is 81.8 Å². The Kier molecular flexibility index (Phi) is 6.72. The van der Waals surface area contributed by atoms with Gasteiger partial charge in [0.25, 0.3) is 5.91 Å². The molecule has 2 aliphatic rings. The summed E-state index contributed by atoms with van der Waals surface area (Å²) in [7, 11) is 1.59. The van der Waals surface area contributed by atoms with Crippen molar-refractivity contribution in [2.45, 2.75) is 31.3 Å². The number of para-hydroxylation sites is 2. The first-order valence-corrected chi connectivity index (χ1v) is 12.6. The van der Waals surface area contributed by atoms with E-state index in [1.165, 1.54) is 23.1 Å². The Morgan fingerprint density at radius 1 is 1.11 bits per heavy atom. The molecule has 3 aromatic rings. The molecule has 0 bridgehead atoms. The Morgan fingerprint density at radius 3 is 2.66 bits per heavy atom. The first-order chi connectivity index (χ1) is 17.0. The zero-order chi connectivity index (χ0) is 24.4. The van der Waals surface area contributed by atoms with Crippen molar-refractivity contribution >= 4 is 23.2 Å². The molecule has 2 aromatic carbocycles. The highest BCUT2D eigenvalue weighted by Gasteiger charge is 2.38. The summed E-state index contributed by atoms with van der Waals surface area (Å²) in [4.78, 5) is 31.4. The minimum absolute atomic E-state index is 0.0134. The van der Waals surface area contributed by atoms with Crippen LogP contribution < -0.4 is 9.47 Å². The highest BCUT2D eigenvalue weighted by molar-refractivity contribution is 7.10. The molecule has 182 valence electrons. The van der Waals surface area contributed by atoms with Crippen molar-refractivity contribution < 1.29 is 23.5 Å². The maximum Gasteiger partial charge on any atom is 0.254 e. The van der Waals surface area contributed by atoms with Crippen molar-refractivity contribution in [2.75, 3.05) is 26.8 Å². The number of hydrogen-bond acceptors (Lipinski definition) is 5. The van der Waals surface area contributed by atoms with Gasteiger partial charge in [-0.25, -0.2) is 4.39 Å². The second kappa shape index (κ2) is 10.1. The Balaban J connectivity index is 1.35. The maximum absolute atomic E-state index is 13.7. The van der Waals surface area contributed by atoms with Gasteiger partial charge >= 0.3 is 0 Å².